The normalized spacial score (nSPS) is 29.2. The molecule has 3 heteroatoms. The highest BCUT2D eigenvalue weighted by Gasteiger charge is 2.31. The van der Waals surface area contributed by atoms with E-state index >= 15 is 0 Å². The maximum Gasteiger partial charge on any atom is 0.0931 e. The molecule has 1 aliphatic carbocycles. The van der Waals surface area contributed by atoms with Crippen molar-refractivity contribution in [3.05, 3.63) is 21.3 Å². The molecule has 2 rings (SSSR count). The van der Waals surface area contributed by atoms with Gasteiger partial charge in [-0.3, -0.25) is 0 Å². The highest BCUT2D eigenvalue weighted by Crippen LogP contribution is 2.36. The molecule has 1 fully saturated rings. The molecule has 0 radical (unpaired) electrons. The SMILES string of the molecule is CCCC1CCCC(O)(Cc2ccc(Cl)s2)CC1. The van der Waals surface area contributed by atoms with Gasteiger partial charge in [0.05, 0.1) is 9.94 Å². The third-order valence-corrected chi connectivity index (χ3v) is 5.33. The summed E-state index contributed by atoms with van der Waals surface area (Å²) in [6.07, 6.45) is 8.91. The van der Waals surface area contributed by atoms with Crippen molar-refractivity contribution in [2.45, 2.75) is 63.9 Å². The van der Waals surface area contributed by atoms with Gasteiger partial charge in [0.2, 0.25) is 0 Å². The van der Waals surface area contributed by atoms with E-state index in [4.69, 9.17) is 11.6 Å². The summed E-state index contributed by atoms with van der Waals surface area (Å²) in [6.45, 7) is 2.25. The van der Waals surface area contributed by atoms with Crippen LogP contribution in [0.1, 0.15) is 56.7 Å². The molecule has 0 aliphatic heterocycles. The molecule has 102 valence electrons. The first kappa shape index (κ1) is 14.4. The minimum absolute atomic E-state index is 0.489. The van der Waals surface area contributed by atoms with Crippen molar-refractivity contribution in [2.75, 3.05) is 0 Å². The van der Waals surface area contributed by atoms with E-state index in [2.05, 4.69) is 13.0 Å². The second kappa shape index (κ2) is 6.40. The smallest absolute Gasteiger partial charge is 0.0931 e. The lowest BCUT2D eigenvalue weighted by Crippen LogP contribution is -2.30. The van der Waals surface area contributed by atoms with Crippen LogP contribution >= 0.6 is 22.9 Å². The maximum absolute atomic E-state index is 10.8. The zero-order chi connectivity index (χ0) is 13.0. The zero-order valence-electron chi connectivity index (χ0n) is 11.1. The second-order valence-electron chi connectivity index (χ2n) is 5.69. The standard InChI is InChI=1S/C15H23ClOS/c1-2-4-12-5-3-9-15(17,10-8-12)11-13-6-7-14(16)18-13/h6-7,12,17H,2-5,8-11H2,1H3. The summed E-state index contributed by atoms with van der Waals surface area (Å²) in [5, 5.41) is 10.8. The van der Waals surface area contributed by atoms with Gasteiger partial charge in [-0.2, -0.15) is 0 Å². The fourth-order valence-corrected chi connectivity index (χ4v) is 4.33. The van der Waals surface area contributed by atoms with Crippen LogP contribution in [0.5, 0.6) is 0 Å². The molecule has 1 saturated carbocycles. The Morgan fingerprint density at radius 1 is 1.39 bits per heavy atom. The molecule has 1 N–H and O–H groups in total. The number of hydrogen-bond donors (Lipinski definition) is 1. The number of rotatable bonds is 4. The van der Waals surface area contributed by atoms with Crippen LogP contribution in [0.15, 0.2) is 12.1 Å². The van der Waals surface area contributed by atoms with Crippen molar-refractivity contribution >= 4 is 22.9 Å². The van der Waals surface area contributed by atoms with Crippen LogP contribution in [-0.2, 0) is 6.42 Å². The van der Waals surface area contributed by atoms with Gasteiger partial charge in [0.15, 0.2) is 0 Å². The second-order valence-corrected chi connectivity index (χ2v) is 7.49. The highest BCUT2D eigenvalue weighted by molar-refractivity contribution is 7.16. The fraction of sp³-hybridized carbons (Fsp3) is 0.733. The Morgan fingerprint density at radius 2 is 2.22 bits per heavy atom. The van der Waals surface area contributed by atoms with Gasteiger partial charge >= 0.3 is 0 Å². The Kier molecular flexibility index (Phi) is 5.11. The Balaban J connectivity index is 1.94. The Labute approximate surface area is 119 Å². The maximum atomic E-state index is 10.8. The third kappa shape index (κ3) is 3.97. The van der Waals surface area contributed by atoms with E-state index < -0.39 is 5.60 Å². The third-order valence-electron chi connectivity index (χ3n) is 4.10. The molecule has 2 unspecified atom stereocenters. The molecule has 1 aliphatic rings. The summed E-state index contributed by atoms with van der Waals surface area (Å²) >= 11 is 7.56. The molecule has 2 atom stereocenters. The molecular weight excluding hydrogens is 264 g/mol. The number of aliphatic hydroxyl groups is 1. The van der Waals surface area contributed by atoms with Crippen molar-refractivity contribution in [3.63, 3.8) is 0 Å². The van der Waals surface area contributed by atoms with Gasteiger partial charge < -0.3 is 5.11 Å². The molecule has 0 spiro atoms. The van der Waals surface area contributed by atoms with E-state index in [-0.39, 0.29) is 0 Å². The van der Waals surface area contributed by atoms with Gasteiger partial charge in [0.1, 0.15) is 0 Å². The van der Waals surface area contributed by atoms with Gasteiger partial charge in [-0.25, -0.2) is 0 Å². The highest BCUT2D eigenvalue weighted by atomic mass is 35.5. The summed E-state index contributed by atoms with van der Waals surface area (Å²) in [7, 11) is 0. The molecule has 1 aromatic rings. The van der Waals surface area contributed by atoms with Crippen LogP contribution in [0, 0.1) is 5.92 Å². The monoisotopic (exact) mass is 286 g/mol. The van der Waals surface area contributed by atoms with E-state index in [9.17, 15) is 5.11 Å². The van der Waals surface area contributed by atoms with Crippen molar-refractivity contribution in [1.29, 1.82) is 0 Å². The van der Waals surface area contributed by atoms with Crippen molar-refractivity contribution in [2.24, 2.45) is 5.92 Å². The zero-order valence-corrected chi connectivity index (χ0v) is 12.7. The van der Waals surface area contributed by atoms with Crippen molar-refractivity contribution in [1.82, 2.24) is 0 Å². The van der Waals surface area contributed by atoms with E-state index in [1.54, 1.807) is 11.3 Å². The predicted octanol–water partition coefficient (Wildman–Crippen LogP) is 5.06. The van der Waals surface area contributed by atoms with E-state index in [1.807, 2.05) is 6.07 Å². The van der Waals surface area contributed by atoms with Gasteiger partial charge in [0, 0.05) is 11.3 Å². The molecular formula is C15H23ClOS. The Hall–Kier alpha value is -0.0500. The fourth-order valence-electron chi connectivity index (χ4n) is 3.11. The molecule has 0 amide bonds. The molecule has 1 nitrogen and oxygen atoms in total. The average molecular weight is 287 g/mol. The lowest BCUT2D eigenvalue weighted by Gasteiger charge is -2.26. The number of thiophene rings is 1. The average Bonchev–Trinajstić information content (AvgIpc) is 2.62. The predicted molar refractivity (Wildman–Crippen MR) is 79.5 cm³/mol. The van der Waals surface area contributed by atoms with Crippen LogP contribution in [0.3, 0.4) is 0 Å². The van der Waals surface area contributed by atoms with E-state index in [1.165, 1.54) is 37.0 Å². The van der Waals surface area contributed by atoms with Crippen LogP contribution in [0.4, 0.5) is 0 Å². The van der Waals surface area contributed by atoms with Gasteiger partial charge in [-0.15, -0.1) is 11.3 Å². The van der Waals surface area contributed by atoms with Crippen molar-refractivity contribution < 1.29 is 5.11 Å². The topological polar surface area (TPSA) is 20.2 Å². The van der Waals surface area contributed by atoms with Crippen LogP contribution < -0.4 is 0 Å². The van der Waals surface area contributed by atoms with Gasteiger partial charge in [-0.05, 0) is 37.3 Å². The quantitative estimate of drug-likeness (QED) is 0.768. The molecule has 1 aromatic heterocycles. The molecule has 0 bridgehead atoms. The lowest BCUT2D eigenvalue weighted by atomic mass is 9.89. The minimum atomic E-state index is -0.489. The largest absolute Gasteiger partial charge is 0.390 e. The first-order chi connectivity index (χ1) is 8.61. The summed E-state index contributed by atoms with van der Waals surface area (Å²) in [4.78, 5) is 1.22. The van der Waals surface area contributed by atoms with E-state index in [0.717, 1.165) is 29.5 Å². The summed E-state index contributed by atoms with van der Waals surface area (Å²) < 4.78 is 0.825. The first-order valence-electron chi connectivity index (χ1n) is 7.08. The summed E-state index contributed by atoms with van der Waals surface area (Å²) in [6, 6.07) is 3.99. The van der Waals surface area contributed by atoms with Gasteiger partial charge in [0.25, 0.3) is 0 Å². The van der Waals surface area contributed by atoms with Crippen LogP contribution in [-0.4, -0.2) is 10.7 Å². The summed E-state index contributed by atoms with van der Waals surface area (Å²) in [5.74, 6) is 0.830. The van der Waals surface area contributed by atoms with E-state index in [0.29, 0.717) is 0 Å². The number of halogens is 1. The van der Waals surface area contributed by atoms with Crippen molar-refractivity contribution in [3.8, 4) is 0 Å². The molecule has 1 heterocycles. The minimum Gasteiger partial charge on any atom is -0.390 e. The molecule has 0 aromatic carbocycles. The molecule has 0 saturated heterocycles. The molecule has 18 heavy (non-hydrogen) atoms. The number of hydrogen-bond acceptors (Lipinski definition) is 2. The Bertz CT molecular complexity index is 376. The Morgan fingerprint density at radius 3 is 2.89 bits per heavy atom. The lowest BCUT2D eigenvalue weighted by molar-refractivity contribution is 0.0248. The summed E-state index contributed by atoms with van der Waals surface area (Å²) in [5.41, 5.74) is -0.489. The van der Waals surface area contributed by atoms with Crippen LogP contribution in [0.25, 0.3) is 0 Å². The van der Waals surface area contributed by atoms with Gasteiger partial charge in [-0.1, -0.05) is 44.2 Å². The van der Waals surface area contributed by atoms with Crippen LogP contribution in [0.2, 0.25) is 4.34 Å². The first-order valence-corrected chi connectivity index (χ1v) is 8.27.